The van der Waals surface area contributed by atoms with Crippen molar-refractivity contribution < 1.29 is 18.4 Å². The van der Waals surface area contributed by atoms with Crippen molar-refractivity contribution in [3.8, 4) is 0 Å². The number of para-hydroxylation sites is 2. The number of rotatable bonds is 5. The fourth-order valence-corrected chi connectivity index (χ4v) is 5.07. The number of aromatic nitrogens is 2. The second kappa shape index (κ2) is 7.40. The summed E-state index contributed by atoms with van der Waals surface area (Å²) < 4.78 is 26.8. The van der Waals surface area contributed by atoms with Gasteiger partial charge in [-0.25, -0.2) is 13.8 Å². The van der Waals surface area contributed by atoms with Gasteiger partial charge in [-0.15, -0.1) is 11.3 Å². The Hall–Kier alpha value is -2.81. The van der Waals surface area contributed by atoms with Gasteiger partial charge in [0.1, 0.15) is 5.82 Å². The number of fused-ring (bicyclic) bond motifs is 1. The number of hydrogen-bond acceptors (Lipinski definition) is 4. The Morgan fingerprint density at radius 1 is 1.29 bits per heavy atom. The van der Waals surface area contributed by atoms with Crippen molar-refractivity contribution in [2.75, 3.05) is 13.1 Å². The molecule has 162 valence electrons. The Morgan fingerprint density at radius 2 is 2.10 bits per heavy atom. The van der Waals surface area contributed by atoms with Crippen LogP contribution in [-0.2, 0) is 4.79 Å². The summed E-state index contributed by atoms with van der Waals surface area (Å²) in [6.07, 6.45) is 0.451. The molecule has 1 aromatic carbocycles. The lowest BCUT2D eigenvalue weighted by Crippen LogP contribution is -2.30. The second-order valence-corrected chi connectivity index (χ2v) is 9.47. The van der Waals surface area contributed by atoms with Crippen molar-refractivity contribution in [3.05, 3.63) is 52.0 Å². The fourth-order valence-electron chi connectivity index (χ4n) is 4.09. The first-order chi connectivity index (χ1) is 14.8. The van der Waals surface area contributed by atoms with E-state index in [1.165, 1.54) is 16.2 Å². The lowest BCUT2D eigenvalue weighted by molar-refractivity contribution is -0.123. The Balaban J connectivity index is 1.19. The fraction of sp³-hybridized carbons (Fsp3) is 0.409. The summed E-state index contributed by atoms with van der Waals surface area (Å²) in [7, 11) is 0. The van der Waals surface area contributed by atoms with Crippen molar-refractivity contribution in [1.29, 1.82) is 0 Å². The van der Waals surface area contributed by atoms with E-state index < -0.39 is 12.5 Å². The average molecular weight is 445 g/mol. The first kappa shape index (κ1) is 20.1. The van der Waals surface area contributed by atoms with Crippen LogP contribution in [0, 0.1) is 5.92 Å². The summed E-state index contributed by atoms with van der Waals surface area (Å²) in [4.78, 5) is 35.5. The second-order valence-electron chi connectivity index (χ2n) is 8.35. The summed E-state index contributed by atoms with van der Waals surface area (Å²) in [5.41, 5.74) is 1.85. The minimum atomic E-state index is -2.81. The van der Waals surface area contributed by atoms with E-state index in [9.17, 15) is 18.4 Å². The quantitative estimate of drug-likeness (QED) is 0.622. The number of likely N-dealkylation sites (tertiary alicyclic amines) is 1. The third-order valence-corrected chi connectivity index (χ3v) is 7.22. The number of nitrogens with zero attached hydrogens (tertiary/aromatic N) is 2. The van der Waals surface area contributed by atoms with Crippen LogP contribution in [0.1, 0.15) is 52.1 Å². The highest BCUT2D eigenvalue weighted by atomic mass is 32.1. The van der Waals surface area contributed by atoms with Gasteiger partial charge in [0.25, 0.3) is 11.8 Å². The van der Waals surface area contributed by atoms with Gasteiger partial charge in [0.15, 0.2) is 0 Å². The summed E-state index contributed by atoms with van der Waals surface area (Å²) in [5.74, 6) is -2.44. The van der Waals surface area contributed by atoms with Crippen molar-refractivity contribution >= 4 is 34.2 Å². The molecule has 0 radical (unpaired) electrons. The predicted molar refractivity (Wildman–Crippen MR) is 113 cm³/mol. The predicted octanol–water partition coefficient (Wildman–Crippen LogP) is 4.09. The molecule has 2 N–H and O–H groups in total. The average Bonchev–Trinajstić information content (AvgIpc) is 3.07. The van der Waals surface area contributed by atoms with E-state index in [1.54, 1.807) is 12.1 Å². The SMILES string of the molecule is C[C@@H](NC(=O)[C@H]1C[C@@H]1c1nc2ccccc2[nH]1)c1ccc(C(=O)N2CCC(F)(F)C2)s1. The number of benzene rings is 1. The number of alkyl halides is 2. The van der Waals surface area contributed by atoms with E-state index in [4.69, 9.17) is 0 Å². The molecule has 6 nitrogen and oxygen atoms in total. The number of carbonyl (C=O) groups excluding carboxylic acids is 2. The van der Waals surface area contributed by atoms with E-state index in [0.717, 1.165) is 28.2 Å². The molecule has 0 spiro atoms. The van der Waals surface area contributed by atoms with E-state index >= 15 is 0 Å². The van der Waals surface area contributed by atoms with Crippen LogP contribution in [-0.4, -0.2) is 45.7 Å². The van der Waals surface area contributed by atoms with Crippen LogP contribution in [0.15, 0.2) is 36.4 Å². The van der Waals surface area contributed by atoms with Crippen LogP contribution in [0.5, 0.6) is 0 Å². The van der Waals surface area contributed by atoms with Crippen molar-refractivity contribution in [1.82, 2.24) is 20.2 Å². The maximum Gasteiger partial charge on any atom is 0.267 e. The highest BCUT2D eigenvalue weighted by Crippen LogP contribution is 2.47. The smallest absolute Gasteiger partial charge is 0.267 e. The molecule has 2 aliphatic rings. The zero-order valence-electron chi connectivity index (χ0n) is 16.9. The van der Waals surface area contributed by atoms with E-state index in [2.05, 4.69) is 15.3 Å². The van der Waals surface area contributed by atoms with Gasteiger partial charge in [-0.2, -0.15) is 0 Å². The molecule has 3 atom stereocenters. The number of aromatic amines is 1. The topological polar surface area (TPSA) is 78.1 Å². The van der Waals surface area contributed by atoms with E-state index in [1.807, 2.05) is 31.2 Å². The highest BCUT2D eigenvalue weighted by Gasteiger charge is 2.46. The van der Waals surface area contributed by atoms with Crippen molar-refractivity contribution in [2.24, 2.45) is 5.92 Å². The Morgan fingerprint density at radius 3 is 2.84 bits per heavy atom. The van der Waals surface area contributed by atoms with Crippen LogP contribution in [0.2, 0.25) is 0 Å². The van der Waals surface area contributed by atoms with Gasteiger partial charge in [0, 0.05) is 29.7 Å². The number of imidazole rings is 1. The lowest BCUT2D eigenvalue weighted by atomic mass is 10.2. The van der Waals surface area contributed by atoms with E-state index in [-0.39, 0.29) is 42.7 Å². The van der Waals surface area contributed by atoms with Crippen LogP contribution < -0.4 is 5.32 Å². The van der Waals surface area contributed by atoms with Crippen LogP contribution in [0.4, 0.5) is 8.78 Å². The van der Waals surface area contributed by atoms with Crippen molar-refractivity contribution in [3.63, 3.8) is 0 Å². The molecule has 3 aromatic rings. The Kier molecular flexibility index (Phi) is 4.80. The molecule has 5 rings (SSSR count). The van der Waals surface area contributed by atoms with Crippen LogP contribution in [0.25, 0.3) is 11.0 Å². The zero-order chi connectivity index (χ0) is 21.8. The van der Waals surface area contributed by atoms with Gasteiger partial charge < -0.3 is 15.2 Å². The van der Waals surface area contributed by atoms with E-state index in [0.29, 0.717) is 4.88 Å². The van der Waals surface area contributed by atoms with Gasteiger partial charge >= 0.3 is 0 Å². The molecular formula is C22H22F2N4O2S. The monoisotopic (exact) mass is 444 g/mol. The van der Waals surface area contributed by atoms with Gasteiger partial charge in [0.2, 0.25) is 5.91 Å². The number of thiophene rings is 1. The molecule has 3 heterocycles. The third kappa shape index (κ3) is 3.94. The Bertz CT molecular complexity index is 1120. The first-order valence-electron chi connectivity index (χ1n) is 10.3. The number of amides is 2. The maximum absolute atomic E-state index is 13.4. The van der Waals surface area contributed by atoms with Gasteiger partial charge in [-0.1, -0.05) is 12.1 Å². The molecule has 0 unspecified atom stereocenters. The van der Waals surface area contributed by atoms with Crippen molar-refractivity contribution in [2.45, 2.75) is 37.6 Å². The largest absolute Gasteiger partial charge is 0.349 e. The molecule has 2 amide bonds. The first-order valence-corrected chi connectivity index (χ1v) is 11.1. The Labute approximate surface area is 181 Å². The maximum atomic E-state index is 13.4. The number of halogens is 2. The number of carbonyl (C=O) groups is 2. The molecular weight excluding hydrogens is 422 g/mol. The molecule has 1 saturated carbocycles. The zero-order valence-corrected chi connectivity index (χ0v) is 17.7. The van der Waals surface area contributed by atoms with Crippen LogP contribution >= 0.6 is 11.3 Å². The van der Waals surface area contributed by atoms with Gasteiger partial charge in [-0.05, 0) is 37.6 Å². The van der Waals surface area contributed by atoms with Gasteiger partial charge in [-0.3, -0.25) is 9.59 Å². The molecule has 1 saturated heterocycles. The van der Waals surface area contributed by atoms with Gasteiger partial charge in [0.05, 0.1) is 28.5 Å². The number of H-pyrrole nitrogens is 1. The molecule has 2 aromatic heterocycles. The summed E-state index contributed by atoms with van der Waals surface area (Å²) in [5, 5.41) is 3.01. The number of nitrogens with one attached hydrogen (secondary N) is 2. The molecule has 9 heteroatoms. The molecule has 2 fully saturated rings. The molecule has 1 aliphatic carbocycles. The molecule has 31 heavy (non-hydrogen) atoms. The lowest BCUT2D eigenvalue weighted by Gasteiger charge is -2.15. The minimum Gasteiger partial charge on any atom is -0.349 e. The van der Waals surface area contributed by atoms with Crippen LogP contribution in [0.3, 0.4) is 0 Å². The molecule has 1 aliphatic heterocycles. The highest BCUT2D eigenvalue weighted by molar-refractivity contribution is 7.14. The third-order valence-electron chi connectivity index (χ3n) is 5.97. The summed E-state index contributed by atoms with van der Waals surface area (Å²) >= 11 is 1.24. The normalized spacial score (nSPS) is 23.1. The summed E-state index contributed by atoms with van der Waals surface area (Å²) in [6.45, 7) is 1.40. The molecule has 0 bridgehead atoms. The number of hydrogen-bond donors (Lipinski definition) is 2. The minimum absolute atomic E-state index is 0.0431. The standard InChI is InChI=1S/C22H22F2N4O2S/c1-12(17-6-7-18(31-17)21(30)28-9-8-22(23,24)11-28)25-20(29)14-10-13(14)19-26-15-4-2-3-5-16(15)27-19/h2-7,12-14H,8-11H2,1H3,(H,25,29)(H,26,27)/t12-,13+,14+/m1/s1. The summed E-state index contributed by atoms with van der Waals surface area (Å²) in [6, 6.07) is 10.9.